The van der Waals surface area contributed by atoms with E-state index in [2.05, 4.69) is 14.9 Å². The highest BCUT2D eigenvalue weighted by atomic mass is 16.6. The average molecular weight is 342 g/mol. The van der Waals surface area contributed by atoms with Crippen LogP contribution in [0.15, 0.2) is 30.3 Å². The van der Waals surface area contributed by atoms with E-state index in [9.17, 15) is 0 Å². The summed E-state index contributed by atoms with van der Waals surface area (Å²) in [5.74, 6) is 2.79. The summed E-state index contributed by atoms with van der Waals surface area (Å²) in [7, 11) is 0. The minimum absolute atomic E-state index is 0.0120. The number of anilines is 2. The van der Waals surface area contributed by atoms with Crippen molar-refractivity contribution >= 4 is 11.8 Å². The summed E-state index contributed by atoms with van der Waals surface area (Å²) in [6.45, 7) is 3.52. The number of ether oxygens (including phenoxy) is 3. The van der Waals surface area contributed by atoms with Crippen molar-refractivity contribution in [3.63, 3.8) is 0 Å². The van der Waals surface area contributed by atoms with E-state index in [1.807, 2.05) is 30.3 Å². The van der Waals surface area contributed by atoms with Crippen LogP contribution in [0.4, 0.5) is 11.8 Å². The highest BCUT2D eigenvalue weighted by molar-refractivity contribution is 5.42. The van der Waals surface area contributed by atoms with Crippen molar-refractivity contribution in [1.82, 2.24) is 9.97 Å². The van der Waals surface area contributed by atoms with Crippen LogP contribution < -0.4 is 20.1 Å². The van der Waals surface area contributed by atoms with Crippen molar-refractivity contribution in [3.8, 4) is 11.5 Å². The number of benzene rings is 1. The third kappa shape index (κ3) is 3.76. The molecule has 25 heavy (non-hydrogen) atoms. The van der Waals surface area contributed by atoms with E-state index < -0.39 is 0 Å². The lowest BCUT2D eigenvalue weighted by atomic mass is 10.1. The molecular formula is C18H22N4O3. The molecule has 2 aromatic rings. The lowest BCUT2D eigenvalue weighted by Crippen LogP contribution is -2.37. The van der Waals surface area contributed by atoms with Gasteiger partial charge in [-0.1, -0.05) is 12.1 Å². The summed E-state index contributed by atoms with van der Waals surface area (Å²) >= 11 is 0. The van der Waals surface area contributed by atoms with Gasteiger partial charge in [0.15, 0.2) is 11.5 Å². The van der Waals surface area contributed by atoms with E-state index in [-0.39, 0.29) is 6.10 Å². The van der Waals surface area contributed by atoms with Gasteiger partial charge in [0, 0.05) is 24.8 Å². The molecule has 1 aromatic heterocycles. The SMILES string of the molecule is Nc1cc(CC[C@@H]2COc3ccccc3O2)nc(N2CCOCC2)n1. The largest absolute Gasteiger partial charge is 0.486 e. The second kappa shape index (κ2) is 7.14. The smallest absolute Gasteiger partial charge is 0.227 e. The second-order valence-corrected chi connectivity index (χ2v) is 6.22. The molecule has 2 N–H and O–H groups in total. The van der Waals surface area contributed by atoms with Crippen molar-refractivity contribution < 1.29 is 14.2 Å². The highest BCUT2D eigenvalue weighted by Gasteiger charge is 2.21. The zero-order valence-corrected chi connectivity index (χ0v) is 14.1. The monoisotopic (exact) mass is 342 g/mol. The minimum Gasteiger partial charge on any atom is -0.486 e. The van der Waals surface area contributed by atoms with Crippen LogP contribution in [0.2, 0.25) is 0 Å². The molecule has 4 rings (SSSR count). The summed E-state index contributed by atoms with van der Waals surface area (Å²) in [4.78, 5) is 11.1. The topological polar surface area (TPSA) is 82.7 Å². The summed E-state index contributed by atoms with van der Waals surface area (Å²) < 4.78 is 17.1. The van der Waals surface area contributed by atoms with Gasteiger partial charge in [0.05, 0.1) is 13.2 Å². The van der Waals surface area contributed by atoms with E-state index >= 15 is 0 Å². The molecule has 0 aliphatic carbocycles. The van der Waals surface area contributed by atoms with Crippen LogP contribution in [0, 0.1) is 0 Å². The number of hydrogen-bond acceptors (Lipinski definition) is 7. The fourth-order valence-electron chi connectivity index (χ4n) is 3.05. The molecule has 2 aliphatic heterocycles. The number of para-hydroxylation sites is 2. The Bertz CT molecular complexity index is 734. The predicted octanol–water partition coefficient (Wildman–Crippen LogP) is 1.67. The lowest BCUT2D eigenvalue weighted by Gasteiger charge is -2.28. The molecule has 0 spiro atoms. The van der Waals surface area contributed by atoms with Crippen LogP contribution in [-0.2, 0) is 11.2 Å². The highest BCUT2D eigenvalue weighted by Crippen LogP contribution is 2.31. The first-order valence-electron chi connectivity index (χ1n) is 8.62. The average Bonchev–Trinajstić information content (AvgIpc) is 2.66. The van der Waals surface area contributed by atoms with Gasteiger partial charge in [0.2, 0.25) is 5.95 Å². The van der Waals surface area contributed by atoms with E-state index in [1.54, 1.807) is 0 Å². The van der Waals surface area contributed by atoms with Crippen molar-refractivity contribution in [3.05, 3.63) is 36.0 Å². The third-order valence-corrected chi connectivity index (χ3v) is 4.37. The maximum absolute atomic E-state index is 6.00. The number of nitrogen functional groups attached to an aromatic ring is 1. The Morgan fingerprint density at radius 2 is 1.92 bits per heavy atom. The molecule has 1 saturated heterocycles. The molecule has 0 radical (unpaired) electrons. The summed E-state index contributed by atoms with van der Waals surface area (Å²) in [5.41, 5.74) is 6.90. The minimum atomic E-state index is 0.0120. The number of aromatic nitrogens is 2. The molecule has 132 valence electrons. The third-order valence-electron chi connectivity index (χ3n) is 4.37. The number of nitrogens with zero attached hydrogens (tertiary/aromatic N) is 3. The Balaban J connectivity index is 1.40. The van der Waals surface area contributed by atoms with Crippen LogP contribution in [0.25, 0.3) is 0 Å². The lowest BCUT2D eigenvalue weighted by molar-refractivity contribution is 0.0849. The van der Waals surface area contributed by atoms with E-state index in [4.69, 9.17) is 19.9 Å². The van der Waals surface area contributed by atoms with Gasteiger partial charge in [0.1, 0.15) is 18.5 Å². The second-order valence-electron chi connectivity index (χ2n) is 6.22. The normalized spacial score (nSPS) is 19.7. The van der Waals surface area contributed by atoms with E-state index in [0.717, 1.165) is 43.1 Å². The molecule has 0 saturated carbocycles. The van der Waals surface area contributed by atoms with Crippen LogP contribution in [0.1, 0.15) is 12.1 Å². The van der Waals surface area contributed by atoms with Gasteiger partial charge < -0.3 is 24.8 Å². The number of morpholine rings is 1. The molecule has 1 atom stereocenters. The van der Waals surface area contributed by atoms with Crippen molar-refractivity contribution in [2.24, 2.45) is 0 Å². The molecule has 1 aromatic carbocycles. The van der Waals surface area contributed by atoms with E-state index in [0.29, 0.717) is 31.6 Å². The molecule has 2 aliphatic rings. The summed E-state index contributed by atoms with van der Waals surface area (Å²) in [6, 6.07) is 9.58. The van der Waals surface area contributed by atoms with Gasteiger partial charge in [-0.2, -0.15) is 4.98 Å². The summed E-state index contributed by atoms with van der Waals surface area (Å²) in [6.07, 6.45) is 1.59. The van der Waals surface area contributed by atoms with Crippen LogP contribution in [0.5, 0.6) is 11.5 Å². The van der Waals surface area contributed by atoms with Gasteiger partial charge in [-0.3, -0.25) is 0 Å². The zero-order chi connectivity index (χ0) is 17.1. The van der Waals surface area contributed by atoms with Gasteiger partial charge >= 0.3 is 0 Å². The first kappa shape index (κ1) is 16.0. The number of fused-ring (bicyclic) bond motifs is 1. The molecule has 1 fully saturated rings. The van der Waals surface area contributed by atoms with Crippen LogP contribution in [0.3, 0.4) is 0 Å². The van der Waals surface area contributed by atoms with Gasteiger partial charge in [-0.05, 0) is 25.0 Å². The molecule has 0 bridgehead atoms. The Morgan fingerprint density at radius 3 is 2.76 bits per heavy atom. The molecule has 7 nitrogen and oxygen atoms in total. The fourth-order valence-corrected chi connectivity index (χ4v) is 3.05. The van der Waals surface area contributed by atoms with E-state index in [1.165, 1.54) is 0 Å². The molecule has 0 amide bonds. The Labute approximate surface area is 146 Å². The fraction of sp³-hybridized carbons (Fsp3) is 0.444. The Hall–Kier alpha value is -2.54. The maximum Gasteiger partial charge on any atom is 0.227 e. The Kier molecular flexibility index (Phi) is 4.56. The number of hydrogen-bond donors (Lipinski definition) is 1. The maximum atomic E-state index is 6.00. The molecule has 0 unspecified atom stereocenters. The Morgan fingerprint density at radius 1 is 1.12 bits per heavy atom. The summed E-state index contributed by atoms with van der Waals surface area (Å²) in [5, 5.41) is 0. The van der Waals surface area contributed by atoms with Crippen molar-refractivity contribution in [1.29, 1.82) is 0 Å². The van der Waals surface area contributed by atoms with Crippen molar-refractivity contribution in [2.45, 2.75) is 18.9 Å². The van der Waals surface area contributed by atoms with Crippen LogP contribution in [-0.4, -0.2) is 49.0 Å². The number of nitrogens with two attached hydrogens (primary N) is 1. The number of rotatable bonds is 4. The molecule has 3 heterocycles. The van der Waals surface area contributed by atoms with Gasteiger partial charge in [-0.15, -0.1) is 0 Å². The van der Waals surface area contributed by atoms with Gasteiger partial charge in [0.25, 0.3) is 0 Å². The van der Waals surface area contributed by atoms with Gasteiger partial charge in [-0.25, -0.2) is 4.98 Å². The molecular weight excluding hydrogens is 320 g/mol. The first-order chi connectivity index (χ1) is 12.3. The standard InChI is InChI=1S/C18H22N4O3/c19-17-11-13(20-18(21-17)22-7-9-23-10-8-22)5-6-14-12-24-15-3-1-2-4-16(15)25-14/h1-4,11,14H,5-10,12H2,(H2,19,20,21)/t14-/m1/s1. The number of aryl methyl sites for hydroxylation is 1. The molecule has 7 heteroatoms. The van der Waals surface area contributed by atoms with Crippen LogP contribution >= 0.6 is 0 Å². The first-order valence-corrected chi connectivity index (χ1v) is 8.62. The predicted molar refractivity (Wildman–Crippen MR) is 94.2 cm³/mol. The zero-order valence-electron chi connectivity index (χ0n) is 14.1. The van der Waals surface area contributed by atoms with Crippen molar-refractivity contribution in [2.75, 3.05) is 43.5 Å². The quantitative estimate of drug-likeness (QED) is 0.905.